The molecular weight excluding hydrogens is 492 g/mol. The lowest BCUT2D eigenvalue weighted by atomic mass is 9.43. The normalized spacial score (nSPS) is 49.1. The largest absolute Gasteiger partial charge is 0.481 e. The van der Waals surface area contributed by atoms with E-state index in [0.717, 1.165) is 24.7 Å². The van der Waals surface area contributed by atoms with Crippen LogP contribution in [-0.4, -0.2) is 72.9 Å². The Kier molecular flexibility index (Phi) is 6.86. The molecule has 0 aromatic carbocycles. The fourth-order valence-corrected chi connectivity index (χ4v) is 9.64. The quantitative estimate of drug-likeness (QED) is 0.274. The highest BCUT2D eigenvalue weighted by Crippen LogP contribution is 2.82. The highest BCUT2D eigenvalue weighted by Gasteiger charge is 2.84. The number of aliphatic carboxylic acids is 1. The molecule has 4 bridgehead atoms. The van der Waals surface area contributed by atoms with Gasteiger partial charge in [-0.1, -0.05) is 38.8 Å². The van der Waals surface area contributed by atoms with Crippen molar-refractivity contribution < 1.29 is 43.5 Å². The third-order valence-electron chi connectivity index (χ3n) is 11.0. The molecule has 0 radical (unpaired) electrons. The van der Waals surface area contributed by atoms with Gasteiger partial charge >= 0.3 is 11.9 Å². The summed E-state index contributed by atoms with van der Waals surface area (Å²) < 4.78 is 23.3. The molecule has 1 aliphatic heterocycles. The maximum Gasteiger partial charge on any atom is 0.315 e. The highest BCUT2D eigenvalue weighted by atomic mass is 16.7. The first kappa shape index (κ1) is 27.7. The van der Waals surface area contributed by atoms with Crippen LogP contribution in [-0.2, 0) is 33.3 Å². The van der Waals surface area contributed by atoms with E-state index in [1.165, 1.54) is 14.0 Å². The minimum atomic E-state index is -1.38. The molecule has 0 aromatic rings. The van der Waals surface area contributed by atoms with Gasteiger partial charge in [0.2, 0.25) is 0 Å². The van der Waals surface area contributed by atoms with Gasteiger partial charge in [0.15, 0.2) is 12.4 Å². The Balaban J connectivity index is 1.57. The van der Waals surface area contributed by atoms with E-state index in [-0.39, 0.29) is 30.3 Å². The third kappa shape index (κ3) is 3.34. The number of methoxy groups -OCH3 is 1. The maximum absolute atomic E-state index is 13.6. The van der Waals surface area contributed by atoms with Gasteiger partial charge in [-0.2, -0.15) is 0 Å². The molecule has 12 atom stereocenters. The van der Waals surface area contributed by atoms with Crippen molar-refractivity contribution in [3.8, 4) is 0 Å². The number of aliphatic hydroxyl groups excluding tert-OH is 1. The summed E-state index contributed by atoms with van der Waals surface area (Å²) in [6, 6.07) is 0. The molecule has 2 N–H and O–H groups in total. The Labute approximate surface area is 224 Å². The summed E-state index contributed by atoms with van der Waals surface area (Å²) in [5.74, 6) is -1.11. The molecule has 0 amide bonds. The fraction of sp³-hybridized carbons (Fsp3) is 0.828. The number of ether oxygens (including phenoxy) is 4. The van der Waals surface area contributed by atoms with Crippen LogP contribution in [0.2, 0.25) is 0 Å². The standard InChI is InChI=1S/C29H42O9/c1-14(2)21-9-18-10-27(12-30)20-8-7-15(3)19(20)11-28(18,29(21,27)26(33)34)13-36-25-24(38-17(5)31)22(32)23(35-6)16(4)37-25/h9,12,14-16,18-20,22-25,32H,7-8,10-11,13H2,1-6H3,(H,33,34)/t15-,16-,18+,19-,20-,22-,23-,24+,25-,27+,28+,29+/m1/s1. The molecule has 1 heterocycles. The number of rotatable bonds is 8. The topological polar surface area (TPSA) is 129 Å². The Morgan fingerprint density at radius 3 is 2.50 bits per heavy atom. The zero-order valence-electron chi connectivity index (χ0n) is 23.2. The molecule has 3 saturated carbocycles. The second-order valence-electron chi connectivity index (χ2n) is 12.8. The number of hydrogen-bond acceptors (Lipinski definition) is 8. The third-order valence-corrected chi connectivity index (χ3v) is 11.0. The van der Waals surface area contributed by atoms with Gasteiger partial charge in [-0.25, -0.2) is 0 Å². The summed E-state index contributed by atoms with van der Waals surface area (Å²) in [7, 11) is 1.45. The first-order valence-corrected chi connectivity index (χ1v) is 14.0. The van der Waals surface area contributed by atoms with Crippen molar-refractivity contribution in [2.24, 2.45) is 45.8 Å². The van der Waals surface area contributed by atoms with Crippen LogP contribution in [0.4, 0.5) is 0 Å². The van der Waals surface area contributed by atoms with Gasteiger partial charge in [0.05, 0.1) is 18.1 Å². The Bertz CT molecular complexity index is 1020. The molecular formula is C29H42O9. The maximum atomic E-state index is 13.6. The number of carboxylic acid groups (broad SMARTS) is 1. The van der Waals surface area contributed by atoms with Crippen LogP contribution < -0.4 is 0 Å². The average Bonchev–Trinajstić information content (AvgIpc) is 3.42. The van der Waals surface area contributed by atoms with Gasteiger partial charge in [0, 0.05) is 19.4 Å². The van der Waals surface area contributed by atoms with Gasteiger partial charge in [-0.3, -0.25) is 9.59 Å². The van der Waals surface area contributed by atoms with Crippen LogP contribution in [0.25, 0.3) is 0 Å². The molecule has 0 spiro atoms. The van der Waals surface area contributed by atoms with Crippen LogP contribution in [0.3, 0.4) is 0 Å². The summed E-state index contributed by atoms with van der Waals surface area (Å²) in [6.07, 6.45) is 1.35. The first-order chi connectivity index (χ1) is 17.9. The average molecular weight is 535 g/mol. The Morgan fingerprint density at radius 2 is 1.92 bits per heavy atom. The van der Waals surface area contributed by atoms with Crippen molar-refractivity contribution in [3.05, 3.63) is 11.6 Å². The van der Waals surface area contributed by atoms with Gasteiger partial charge < -0.3 is 34.0 Å². The number of allylic oxidation sites excluding steroid dienone is 1. The van der Waals surface area contributed by atoms with E-state index in [0.29, 0.717) is 18.8 Å². The molecule has 0 aromatic heterocycles. The SMILES string of the molecule is CO[C@H]1[C@@H](O)[C@H](OC(C)=O)[C@H](OC[C@@]23C[C@@H]4[C@H](C)CC[C@H]4[C@@]4(C=O)C[C@@H]2C=C(C(C)C)[C@@]34C(=O)O)O[C@@H]1C. The predicted molar refractivity (Wildman–Crippen MR) is 135 cm³/mol. The molecule has 212 valence electrons. The molecule has 9 nitrogen and oxygen atoms in total. The molecule has 4 fully saturated rings. The van der Waals surface area contributed by atoms with E-state index in [2.05, 4.69) is 13.0 Å². The summed E-state index contributed by atoms with van der Waals surface area (Å²) in [6.45, 7) is 9.21. The molecule has 4 aliphatic carbocycles. The minimum Gasteiger partial charge on any atom is -0.481 e. The Morgan fingerprint density at radius 1 is 1.21 bits per heavy atom. The summed E-state index contributed by atoms with van der Waals surface area (Å²) in [5, 5.41) is 22.1. The van der Waals surface area contributed by atoms with Crippen molar-refractivity contribution in [3.63, 3.8) is 0 Å². The van der Waals surface area contributed by atoms with E-state index in [1.54, 1.807) is 6.92 Å². The van der Waals surface area contributed by atoms with Crippen LogP contribution in [0.15, 0.2) is 11.6 Å². The van der Waals surface area contributed by atoms with Crippen molar-refractivity contribution in [1.82, 2.24) is 0 Å². The highest BCUT2D eigenvalue weighted by molar-refractivity contribution is 5.90. The summed E-state index contributed by atoms with van der Waals surface area (Å²) >= 11 is 0. The smallest absolute Gasteiger partial charge is 0.315 e. The van der Waals surface area contributed by atoms with Crippen LogP contribution in [0, 0.1) is 45.8 Å². The lowest BCUT2D eigenvalue weighted by Crippen LogP contribution is -2.64. The molecule has 5 rings (SSSR count). The molecule has 5 aliphatic rings. The monoisotopic (exact) mass is 534 g/mol. The second-order valence-corrected chi connectivity index (χ2v) is 12.8. The number of carboxylic acids is 1. The van der Waals surface area contributed by atoms with Gasteiger partial charge in [-0.15, -0.1) is 0 Å². The van der Waals surface area contributed by atoms with E-state index in [1.807, 2.05) is 13.8 Å². The van der Waals surface area contributed by atoms with E-state index < -0.39 is 58.9 Å². The molecule has 9 heteroatoms. The van der Waals surface area contributed by atoms with Crippen molar-refractivity contribution in [2.45, 2.75) is 91.0 Å². The minimum absolute atomic E-state index is 0.0156. The van der Waals surface area contributed by atoms with Crippen LogP contribution in [0.5, 0.6) is 0 Å². The van der Waals surface area contributed by atoms with Gasteiger partial charge in [0.25, 0.3) is 0 Å². The van der Waals surface area contributed by atoms with Crippen molar-refractivity contribution in [1.29, 1.82) is 0 Å². The molecule has 38 heavy (non-hydrogen) atoms. The van der Waals surface area contributed by atoms with Crippen LogP contribution in [0.1, 0.15) is 60.3 Å². The predicted octanol–water partition coefficient (Wildman–Crippen LogP) is 2.98. The molecule has 0 unspecified atom stereocenters. The Hall–Kier alpha value is -1.81. The lowest BCUT2D eigenvalue weighted by Gasteiger charge is -2.58. The lowest BCUT2D eigenvalue weighted by molar-refractivity contribution is -0.309. The fourth-order valence-electron chi connectivity index (χ4n) is 9.64. The number of hydrogen-bond donors (Lipinski definition) is 2. The summed E-state index contributed by atoms with van der Waals surface area (Å²) in [5.41, 5.74) is -2.40. The van der Waals surface area contributed by atoms with Crippen molar-refractivity contribution in [2.75, 3.05) is 13.7 Å². The zero-order chi connectivity index (χ0) is 27.8. The van der Waals surface area contributed by atoms with E-state index >= 15 is 0 Å². The number of aldehydes is 1. The number of carbonyl (C=O) groups excluding carboxylic acids is 2. The second kappa shape index (κ2) is 9.39. The number of esters is 1. The molecule has 1 saturated heterocycles. The summed E-state index contributed by atoms with van der Waals surface area (Å²) in [4.78, 5) is 38.7. The van der Waals surface area contributed by atoms with E-state index in [9.17, 15) is 24.6 Å². The first-order valence-electron chi connectivity index (χ1n) is 14.0. The van der Waals surface area contributed by atoms with Crippen molar-refractivity contribution >= 4 is 18.2 Å². The van der Waals surface area contributed by atoms with E-state index in [4.69, 9.17) is 18.9 Å². The van der Waals surface area contributed by atoms with Gasteiger partial charge in [-0.05, 0) is 55.8 Å². The number of carbonyl (C=O) groups is 3. The number of aliphatic hydroxyl groups is 1. The zero-order valence-corrected chi connectivity index (χ0v) is 23.2. The van der Waals surface area contributed by atoms with Gasteiger partial charge in [0.1, 0.15) is 23.9 Å². The number of fused-ring (bicyclic) bond motifs is 2. The van der Waals surface area contributed by atoms with Crippen LogP contribution >= 0.6 is 0 Å².